The SMILES string of the molecule is Cc1noc(-c2ccc(-c3ncc4c(n3)[C@@]3(c5ccccc5)C=C(C#N)C(=O)[C@@H](C)[C@@H]3CC4)cc2)n1. The van der Waals surface area contributed by atoms with E-state index in [0.717, 1.165) is 40.8 Å². The summed E-state index contributed by atoms with van der Waals surface area (Å²) in [5, 5.41) is 13.7. The number of rotatable bonds is 3. The van der Waals surface area contributed by atoms with Crippen molar-refractivity contribution in [3.8, 4) is 28.9 Å². The predicted molar refractivity (Wildman–Crippen MR) is 132 cm³/mol. The molecule has 0 spiro atoms. The van der Waals surface area contributed by atoms with Crippen molar-refractivity contribution in [3.63, 3.8) is 0 Å². The van der Waals surface area contributed by atoms with E-state index in [9.17, 15) is 10.1 Å². The minimum absolute atomic E-state index is 0.00268. The van der Waals surface area contributed by atoms with E-state index in [1.807, 2.05) is 61.7 Å². The van der Waals surface area contributed by atoms with Crippen LogP contribution in [0.2, 0.25) is 0 Å². The summed E-state index contributed by atoms with van der Waals surface area (Å²) in [6.07, 6.45) is 5.38. The van der Waals surface area contributed by atoms with Gasteiger partial charge < -0.3 is 4.52 Å². The molecule has 7 nitrogen and oxygen atoms in total. The molecule has 0 radical (unpaired) electrons. The standard InChI is InChI=1S/C29H23N5O2/c1-17-24-13-12-21-16-31-27(19-8-10-20(11-9-19)28-32-18(2)34-36-28)33-26(21)29(24,14-22(15-30)25(17)35)23-6-4-3-5-7-23/h3-11,14,16-17,24H,12-13H2,1-2H3/t17-,24-,29+/m0/s1. The molecule has 7 heteroatoms. The highest BCUT2D eigenvalue weighted by molar-refractivity contribution is 6.02. The molecule has 0 bridgehead atoms. The second-order valence-corrected chi connectivity index (χ2v) is 9.49. The van der Waals surface area contributed by atoms with Crippen molar-refractivity contribution in [2.45, 2.75) is 32.1 Å². The average Bonchev–Trinajstić information content (AvgIpc) is 3.37. The van der Waals surface area contributed by atoms with E-state index < -0.39 is 5.41 Å². The third-order valence-corrected chi connectivity index (χ3v) is 7.51. The number of nitrogens with zero attached hydrogens (tertiary/aromatic N) is 5. The van der Waals surface area contributed by atoms with Gasteiger partial charge in [0.1, 0.15) is 6.07 Å². The van der Waals surface area contributed by atoms with E-state index in [2.05, 4.69) is 33.3 Å². The van der Waals surface area contributed by atoms with E-state index in [4.69, 9.17) is 9.51 Å². The summed E-state index contributed by atoms with van der Waals surface area (Å²) in [4.78, 5) is 27.1. The monoisotopic (exact) mass is 473 g/mol. The molecule has 4 aromatic rings. The molecule has 176 valence electrons. The molecule has 0 N–H and O–H groups in total. The molecule has 2 aromatic carbocycles. The van der Waals surface area contributed by atoms with Crippen LogP contribution in [-0.4, -0.2) is 25.9 Å². The highest BCUT2D eigenvalue weighted by Gasteiger charge is 2.52. The van der Waals surface area contributed by atoms with Crippen LogP contribution < -0.4 is 0 Å². The molecule has 2 aromatic heterocycles. The third-order valence-electron chi connectivity index (χ3n) is 7.51. The van der Waals surface area contributed by atoms with Gasteiger partial charge in [0.15, 0.2) is 17.4 Å². The molecule has 2 aliphatic rings. The number of aromatic nitrogens is 4. The van der Waals surface area contributed by atoms with Crippen LogP contribution in [0.15, 0.2) is 77.0 Å². The van der Waals surface area contributed by atoms with Crippen LogP contribution in [0, 0.1) is 30.1 Å². The Labute approximate surface area is 208 Å². The van der Waals surface area contributed by atoms with Crippen molar-refractivity contribution >= 4 is 5.78 Å². The first-order valence-corrected chi connectivity index (χ1v) is 12.0. The van der Waals surface area contributed by atoms with Crippen molar-refractivity contribution in [3.05, 3.63) is 95.1 Å². The Morgan fingerprint density at radius 3 is 2.50 bits per heavy atom. The summed E-state index contributed by atoms with van der Waals surface area (Å²) in [5.74, 6) is 1.27. The largest absolute Gasteiger partial charge is 0.334 e. The van der Waals surface area contributed by atoms with Crippen LogP contribution in [0.3, 0.4) is 0 Å². The predicted octanol–water partition coefficient (Wildman–Crippen LogP) is 5.02. The fourth-order valence-electron chi connectivity index (χ4n) is 5.76. The lowest BCUT2D eigenvalue weighted by Crippen LogP contribution is -2.48. The summed E-state index contributed by atoms with van der Waals surface area (Å²) >= 11 is 0. The number of fused-ring (bicyclic) bond motifs is 3. The Balaban J connectivity index is 1.52. The molecule has 0 saturated carbocycles. The van der Waals surface area contributed by atoms with Crippen LogP contribution in [0.25, 0.3) is 22.8 Å². The summed E-state index contributed by atoms with van der Waals surface area (Å²) in [7, 11) is 0. The molecule has 3 atom stereocenters. The van der Waals surface area contributed by atoms with Crippen LogP contribution in [0.4, 0.5) is 0 Å². The molecular formula is C29H23N5O2. The topological polar surface area (TPSA) is 106 Å². The first-order valence-electron chi connectivity index (χ1n) is 12.0. The number of hydrogen-bond donors (Lipinski definition) is 0. The van der Waals surface area contributed by atoms with E-state index in [1.165, 1.54) is 0 Å². The third kappa shape index (κ3) is 3.29. The van der Waals surface area contributed by atoms with Gasteiger partial charge in [0.25, 0.3) is 5.89 Å². The van der Waals surface area contributed by atoms with Gasteiger partial charge in [-0.2, -0.15) is 10.2 Å². The number of hydrogen-bond acceptors (Lipinski definition) is 7. The average molecular weight is 474 g/mol. The molecule has 0 saturated heterocycles. The highest BCUT2D eigenvalue weighted by atomic mass is 16.5. The van der Waals surface area contributed by atoms with Gasteiger partial charge in [-0.1, -0.05) is 54.5 Å². The van der Waals surface area contributed by atoms with Gasteiger partial charge in [-0.05, 0) is 55.0 Å². The van der Waals surface area contributed by atoms with Gasteiger partial charge in [-0.3, -0.25) is 4.79 Å². The molecular weight excluding hydrogens is 450 g/mol. The van der Waals surface area contributed by atoms with Gasteiger partial charge in [0.2, 0.25) is 0 Å². The molecule has 36 heavy (non-hydrogen) atoms. The number of aryl methyl sites for hydroxylation is 2. The van der Waals surface area contributed by atoms with Gasteiger partial charge in [0, 0.05) is 23.2 Å². The maximum atomic E-state index is 13.0. The molecule has 6 rings (SSSR count). The van der Waals surface area contributed by atoms with Crippen molar-refractivity contribution < 1.29 is 9.32 Å². The Morgan fingerprint density at radius 1 is 1.06 bits per heavy atom. The lowest BCUT2D eigenvalue weighted by atomic mass is 9.54. The maximum absolute atomic E-state index is 13.0. The number of allylic oxidation sites excluding steroid dienone is 2. The quantitative estimate of drug-likeness (QED) is 0.411. The summed E-state index contributed by atoms with van der Waals surface area (Å²) in [6.45, 7) is 3.73. The van der Waals surface area contributed by atoms with E-state index >= 15 is 0 Å². The number of ketones is 1. The first kappa shape index (κ1) is 22.1. The zero-order valence-corrected chi connectivity index (χ0v) is 20.0. The summed E-state index contributed by atoms with van der Waals surface area (Å²) in [5.41, 5.74) is 4.16. The van der Waals surface area contributed by atoms with Crippen molar-refractivity contribution in [1.29, 1.82) is 5.26 Å². The number of carbonyl (C=O) groups is 1. The zero-order chi connectivity index (χ0) is 24.9. The van der Waals surface area contributed by atoms with Gasteiger partial charge in [-0.25, -0.2) is 9.97 Å². The van der Waals surface area contributed by atoms with Crippen molar-refractivity contribution in [2.24, 2.45) is 11.8 Å². The number of benzene rings is 2. The lowest BCUT2D eigenvalue weighted by Gasteiger charge is -2.47. The summed E-state index contributed by atoms with van der Waals surface area (Å²) in [6, 6.07) is 20.0. The van der Waals surface area contributed by atoms with Gasteiger partial charge >= 0.3 is 0 Å². The second kappa shape index (κ2) is 8.35. The van der Waals surface area contributed by atoms with Gasteiger partial charge in [-0.15, -0.1) is 0 Å². The highest BCUT2D eigenvalue weighted by Crippen LogP contribution is 2.53. The number of Topliss-reactive ketones (excluding diaryl/α,β-unsaturated/α-hetero) is 1. The molecule has 0 amide bonds. The molecule has 2 heterocycles. The Hall–Kier alpha value is -4.44. The fraction of sp³-hybridized carbons (Fsp3) is 0.241. The fourth-order valence-corrected chi connectivity index (χ4v) is 5.76. The number of carbonyl (C=O) groups excluding carboxylic acids is 1. The molecule has 0 unspecified atom stereocenters. The Morgan fingerprint density at radius 2 is 1.81 bits per heavy atom. The van der Waals surface area contributed by atoms with Crippen LogP contribution in [0.1, 0.15) is 36.0 Å². The normalized spacial score (nSPS) is 22.8. The number of nitriles is 1. The van der Waals surface area contributed by atoms with Crippen molar-refractivity contribution in [2.75, 3.05) is 0 Å². The maximum Gasteiger partial charge on any atom is 0.257 e. The zero-order valence-electron chi connectivity index (χ0n) is 20.0. The second-order valence-electron chi connectivity index (χ2n) is 9.49. The Kier molecular flexibility index (Phi) is 5.11. The van der Waals surface area contributed by atoms with Crippen molar-refractivity contribution in [1.82, 2.24) is 20.1 Å². The smallest absolute Gasteiger partial charge is 0.257 e. The van der Waals surface area contributed by atoms with Crippen LogP contribution in [-0.2, 0) is 16.6 Å². The van der Waals surface area contributed by atoms with Crippen LogP contribution in [0.5, 0.6) is 0 Å². The van der Waals surface area contributed by atoms with E-state index in [1.54, 1.807) is 6.92 Å². The van der Waals surface area contributed by atoms with Gasteiger partial charge in [0.05, 0.1) is 16.7 Å². The minimum Gasteiger partial charge on any atom is -0.334 e. The van der Waals surface area contributed by atoms with Crippen LogP contribution >= 0.6 is 0 Å². The molecule has 2 aliphatic carbocycles. The Bertz CT molecular complexity index is 1550. The minimum atomic E-state index is -0.674. The summed E-state index contributed by atoms with van der Waals surface area (Å²) < 4.78 is 5.28. The first-order chi connectivity index (χ1) is 17.5. The molecule has 0 fully saturated rings. The molecule has 0 aliphatic heterocycles. The van der Waals surface area contributed by atoms with E-state index in [0.29, 0.717) is 17.5 Å². The van der Waals surface area contributed by atoms with E-state index in [-0.39, 0.29) is 23.2 Å². The lowest BCUT2D eigenvalue weighted by molar-refractivity contribution is -0.121.